The van der Waals surface area contributed by atoms with Gasteiger partial charge in [0.25, 0.3) is 0 Å². The molecule has 0 saturated carbocycles. The van der Waals surface area contributed by atoms with Crippen molar-refractivity contribution in [2.45, 2.75) is 0 Å². The quantitative estimate of drug-likeness (QED) is 0.820. The van der Waals surface area contributed by atoms with Crippen molar-refractivity contribution in [3.05, 3.63) is 40.9 Å². The van der Waals surface area contributed by atoms with Gasteiger partial charge in [-0.15, -0.1) is 0 Å². The minimum absolute atomic E-state index is 0.120. The van der Waals surface area contributed by atoms with E-state index in [0.717, 1.165) is 6.07 Å². The Kier molecular flexibility index (Phi) is 2.66. The van der Waals surface area contributed by atoms with Crippen molar-refractivity contribution in [3.63, 3.8) is 0 Å². The molecule has 0 atom stereocenters. The van der Waals surface area contributed by atoms with E-state index in [-0.39, 0.29) is 27.9 Å². The van der Waals surface area contributed by atoms with Crippen molar-refractivity contribution in [1.29, 1.82) is 0 Å². The largest absolute Gasteiger partial charge is 0.507 e. The van der Waals surface area contributed by atoms with Gasteiger partial charge in [0.05, 0.1) is 10.6 Å². The molecule has 82 valence electrons. The maximum Gasteiger partial charge on any atom is 0.185 e. The van der Waals surface area contributed by atoms with E-state index < -0.39 is 5.82 Å². The number of furan rings is 1. The van der Waals surface area contributed by atoms with Crippen LogP contribution >= 0.6 is 11.6 Å². The van der Waals surface area contributed by atoms with Crippen LogP contribution in [0, 0.1) is 5.82 Å². The molecule has 1 N–H and O–H groups in total. The van der Waals surface area contributed by atoms with Gasteiger partial charge in [-0.25, -0.2) is 4.39 Å². The predicted octanol–water partition coefficient (Wildman–Crippen LogP) is 3.26. The van der Waals surface area contributed by atoms with E-state index >= 15 is 0 Å². The number of phenolic OH excluding ortho intramolecular Hbond substituents is 1. The highest BCUT2D eigenvalue weighted by Gasteiger charge is 2.12. The highest BCUT2D eigenvalue weighted by molar-refractivity contribution is 6.31. The minimum Gasteiger partial charge on any atom is -0.507 e. The summed E-state index contributed by atoms with van der Waals surface area (Å²) in [6.45, 7) is 0. The summed E-state index contributed by atoms with van der Waals surface area (Å²) in [5.41, 5.74) is 0.236. The summed E-state index contributed by atoms with van der Waals surface area (Å²) in [4.78, 5) is 10.4. The van der Waals surface area contributed by atoms with Crippen LogP contribution in [0.15, 0.2) is 28.7 Å². The summed E-state index contributed by atoms with van der Waals surface area (Å²) in [5, 5.41) is 9.38. The van der Waals surface area contributed by atoms with Crippen molar-refractivity contribution < 1.29 is 18.7 Å². The first-order chi connectivity index (χ1) is 7.61. The molecule has 0 aliphatic rings. The second-order valence-electron chi connectivity index (χ2n) is 3.10. The second kappa shape index (κ2) is 3.98. The molecule has 1 heterocycles. The van der Waals surface area contributed by atoms with Crippen LogP contribution in [-0.4, -0.2) is 11.4 Å². The van der Waals surface area contributed by atoms with Gasteiger partial charge in [-0.05, 0) is 18.2 Å². The van der Waals surface area contributed by atoms with Gasteiger partial charge in [0.1, 0.15) is 17.3 Å². The standard InChI is InChI=1S/C11H6ClFO3/c12-8-3-7(10(15)4-9(8)13)11-2-1-6(5-14)16-11/h1-5,15H. The second-order valence-corrected chi connectivity index (χ2v) is 3.51. The Hall–Kier alpha value is -1.81. The lowest BCUT2D eigenvalue weighted by Gasteiger charge is -2.02. The molecule has 2 rings (SSSR count). The summed E-state index contributed by atoms with van der Waals surface area (Å²) in [6, 6.07) is 5.06. The number of hydrogen-bond donors (Lipinski definition) is 1. The number of carbonyl (C=O) groups excluding carboxylic acids is 1. The lowest BCUT2D eigenvalue weighted by atomic mass is 10.1. The van der Waals surface area contributed by atoms with Gasteiger partial charge in [0.2, 0.25) is 0 Å². The van der Waals surface area contributed by atoms with Gasteiger partial charge in [0, 0.05) is 6.07 Å². The third-order valence-electron chi connectivity index (χ3n) is 2.05. The molecular formula is C11H6ClFO3. The van der Waals surface area contributed by atoms with Crippen molar-refractivity contribution >= 4 is 17.9 Å². The number of phenols is 1. The molecular weight excluding hydrogens is 235 g/mol. The first-order valence-electron chi connectivity index (χ1n) is 4.35. The summed E-state index contributed by atoms with van der Waals surface area (Å²) >= 11 is 5.58. The zero-order valence-electron chi connectivity index (χ0n) is 7.91. The van der Waals surface area contributed by atoms with Crippen LogP contribution < -0.4 is 0 Å². The van der Waals surface area contributed by atoms with Crippen LogP contribution in [0.25, 0.3) is 11.3 Å². The fourth-order valence-electron chi connectivity index (χ4n) is 1.29. The Bertz CT molecular complexity index is 548. The maximum atomic E-state index is 13.0. The molecule has 16 heavy (non-hydrogen) atoms. The number of halogens is 2. The Balaban J connectivity index is 2.55. The van der Waals surface area contributed by atoms with Crippen molar-refractivity contribution in [1.82, 2.24) is 0 Å². The Labute approximate surface area is 95.1 Å². The van der Waals surface area contributed by atoms with Crippen molar-refractivity contribution in [2.24, 2.45) is 0 Å². The third-order valence-corrected chi connectivity index (χ3v) is 2.34. The molecule has 2 aromatic rings. The Morgan fingerprint density at radius 1 is 1.38 bits per heavy atom. The van der Waals surface area contributed by atoms with Gasteiger partial charge in [-0.3, -0.25) is 4.79 Å². The minimum atomic E-state index is -0.718. The third kappa shape index (κ3) is 1.79. The van der Waals surface area contributed by atoms with Crippen LogP contribution in [-0.2, 0) is 0 Å². The Morgan fingerprint density at radius 2 is 2.12 bits per heavy atom. The number of aldehydes is 1. The molecule has 1 aromatic carbocycles. The van der Waals surface area contributed by atoms with E-state index in [1.807, 2.05) is 0 Å². The van der Waals surface area contributed by atoms with E-state index in [9.17, 15) is 14.3 Å². The molecule has 0 bridgehead atoms. The summed E-state index contributed by atoms with van der Waals surface area (Å²) in [6.07, 6.45) is 0.533. The van der Waals surface area contributed by atoms with Crippen LogP contribution in [0.4, 0.5) is 4.39 Å². The smallest absolute Gasteiger partial charge is 0.185 e. The predicted molar refractivity (Wildman–Crippen MR) is 56.2 cm³/mol. The van der Waals surface area contributed by atoms with Crippen LogP contribution in [0.5, 0.6) is 5.75 Å². The first kappa shape index (κ1) is 10.7. The SMILES string of the molecule is O=Cc1ccc(-c2cc(Cl)c(F)cc2O)o1. The average Bonchev–Trinajstić information content (AvgIpc) is 2.71. The maximum absolute atomic E-state index is 13.0. The zero-order valence-corrected chi connectivity index (χ0v) is 8.66. The van der Waals surface area contributed by atoms with E-state index in [4.69, 9.17) is 16.0 Å². The highest BCUT2D eigenvalue weighted by atomic mass is 35.5. The summed E-state index contributed by atoms with van der Waals surface area (Å²) in [5.74, 6) is -0.643. The van der Waals surface area contributed by atoms with Gasteiger partial charge in [-0.1, -0.05) is 11.6 Å². The fourth-order valence-corrected chi connectivity index (χ4v) is 1.46. The molecule has 0 amide bonds. The topological polar surface area (TPSA) is 50.4 Å². The molecule has 0 unspecified atom stereocenters. The molecule has 0 aliphatic carbocycles. The lowest BCUT2D eigenvalue weighted by Crippen LogP contribution is -1.81. The zero-order chi connectivity index (χ0) is 11.7. The van der Waals surface area contributed by atoms with Crippen molar-refractivity contribution in [2.75, 3.05) is 0 Å². The molecule has 0 saturated heterocycles. The van der Waals surface area contributed by atoms with Gasteiger partial charge in [-0.2, -0.15) is 0 Å². The molecule has 5 heteroatoms. The molecule has 0 fully saturated rings. The molecule has 1 aromatic heterocycles. The first-order valence-corrected chi connectivity index (χ1v) is 4.73. The average molecular weight is 241 g/mol. The normalized spacial score (nSPS) is 10.4. The van der Waals surface area contributed by atoms with Crippen LogP contribution in [0.2, 0.25) is 5.02 Å². The number of rotatable bonds is 2. The molecule has 0 spiro atoms. The number of aromatic hydroxyl groups is 1. The number of carbonyl (C=O) groups is 1. The number of benzene rings is 1. The monoisotopic (exact) mass is 240 g/mol. The van der Waals surface area contributed by atoms with Crippen LogP contribution in [0.3, 0.4) is 0 Å². The lowest BCUT2D eigenvalue weighted by molar-refractivity contribution is 0.110. The Morgan fingerprint density at radius 3 is 2.75 bits per heavy atom. The van der Waals surface area contributed by atoms with Crippen molar-refractivity contribution in [3.8, 4) is 17.1 Å². The summed E-state index contributed by atoms with van der Waals surface area (Å²) < 4.78 is 18.1. The van der Waals surface area contributed by atoms with Gasteiger partial charge >= 0.3 is 0 Å². The van der Waals surface area contributed by atoms with E-state index in [1.54, 1.807) is 0 Å². The van der Waals surface area contributed by atoms with E-state index in [0.29, 0.717) is 6.29 Å². The molecule has 0 radical (unpaired) electrons. The summed E-state index contributed by atoms with van der Waals surface area (Å²) in [7, 11) is 0. The fraction of sp³-hybridized carbons (Fsp3) is 0. The van der Waals surface area contributed by atoms with E-state index in [1.165, 1.54) is 18.2 Å². The molecule has 0 aliphatic heterocycles. The van der Waals surface area contributed by atoms with Gasteiger partial charge < -0.3 is 9.52 Å². The van der Waals surface area contributed by atoms with E-state index in [2.05, 4.69) is 0 Å². The molecule has 3 nitrogen and oxygen atoms in total. The van der Waals surface area contributed by atoms with Crippen LogP contribution in [0.1, 0.15) is 10.6 Å². The van der Waals surface area contributed by atoms with Gasteiger partial charge in [0.15, 0.2) is 12.0 Å². The highest BCUT2D eigenvalue weighted by Crippen LogP contribution is 2.34. The number of hydrogen-bond acceptors (Lipinski definition) is 3.